The molecular formula is C22H29NO3. The average Bonchev–Trinajstić information content (AvgIpc) is 3.05. The number of carbonyl (C=O) groups excluding carboxylic acids is 1. The van der Waals surface area contributed by atoms with Crippen molar-refractivity contribution in [3.05, 3.63) is 41.0 Å². The predicted octanol–water partition coefficient (Wildman–Crippen LogP) is 4.32. The third kappa shape index (κ3) is 4.17. The molecule has 1 aliphatic carbocycles. The highest BCUT2D eigenvalue weighted by Crippen LogP contribution is 2.36. The maximum absolute atomic E-state index is 12.7. The number of amides is 1. The first-order chi connectivity index (χ1) is 12.5. The second-order valence-corrected chi connectivity index (χ2v) is 8.04. The monoisotopic (exact) mass is 355 g/mol. The summed E-state index contributed by atoms with van der Waals surface area (Å²) in [5, 5.41) is 9.62. The Hall–Kier alpha value is -2.10. The van der Waals surface area contributed by atoms with Crippen LogP contribution in [0.5, 0.6) is 0 Å². The Morgan fingerprint density at radius 1 is 1.15 bits per heavy atom. The standard InChI is InChI=1S/C22H29NO3/c1-15(2)20-10-6-5-7-16(20)11-19(22(25)26)12-21(24)23-13-17-8-3-4-9-18(17)14-23/h5-7,10-11,15,17-18H,3-4,8-9,12-14H2,1-2H3,(H,25,26)/t17-,18+. The first-order valence-corrected chi connectivity index (χ1v) is 9.76. The molecule has 3 rings (SSSR count). The molecule has 1 aliphatic heterocycles. The van der Waals surface area contributed by atoms with Gasteiger partial charge in [0.05, 0.1) is 6.42 Å². The van der Waals surface area contributed by atoms with Crippen LogP contribution in [0, 0.1) is 11.8 Å². The summed E-state index contributed by atoms with van der Waals surface area (Å²) >= 11 is 0. The second-order valence-electron chi connectivity index (χ2n) is 8.04. The van der Waals surface area contributed by atoms with Crippen LogP contribution in [-0.4, -0.2) is 35.0 Å². The van der Waals surface area contributed by atoms with Gasteiger partial charge in [0.25, 0.3) is 0 Å². The van der Waals surface area contributed by atoms with E-state index in [1.165, 1.54) is 25.7 Å². The minimum Gasteiger partial charge on any atom is -0.478 e. The van der Waals surface area contributed by atoms with Crippen LogP contribution >= 0.6 is 0 Å². The van der Waals surface area contributed by atoms with E-state index >= 15 is 0 Å². The lowest BCUT2D eigenvalue weighted by molar-refractivity contribution is -0.136. The highest BCUT2D eigenvalue weighted by Gasteiger charge is 2.36. The summed E-state index contributed by atoms with van der Waals surface area (Å²) in [4.78, 5) is 26.4. The zero-order chi connectivity index (χ0) is 18.7. The van der Waals surface area contributed by atoms with Crippen molar-refractivity contribution >= 4 is 18.0 Å². The van der Waals surface area contributed by atoms with Gasteiger partial charge in [-0.1, -0.05) is 51.0 Å². The molecule has 0 aromatic heterocycles. The molecule has 1 aromatic rings. The highest BCUT2D eigenvalue weighted by atomic mass is 16.4. The summed E-state index contributed by atoms with van der Waals surface area (Å²) in [6, 6.07) is 7.81. The van der Waals surface area contributed by atoms with Gasteiger partial charge in [-0.05, 0) is 47.8 Å². The fourth-order valence-electron chi connectivity index (χ4n) is 4.43. The number of carbonyl (C=O) groups is 2. The van der Waals surface area contributed by atoms with Gasteiger partial charge in [0.15, 0.2) is 0 Å². The zero-order valence-electron chi connectivity index (χ0n) is 15.8. The molecular weight excluding hydrogens is 326 g/mol. The number of likely N-dealkylation sites (tertiary alicyclic amines) is 1. The minimum atomic E-state index is -1.01. The fourth-order valence-corrected chi connectivity index (χ4v) is 4.43. The Morgan fingerprint density at radius 2 is 1.77 bits per heavy atom. The lowest BCUT2D eigenvalue weighted by Gasteiger charge is -2.22. The van der Waals surface area contributed by atoms with Crippen molar-refractivity contribution in [1.82, 2.24) is 4.90 Å². The van der Waals surface area contributed by atoms with Gasteiger partial charge in [-0.25, -0.2) is 4.79 Å². The highest BCUT2D eigenvalue weighted by molar-refractivity contribution is 5.98. The SMILES string of the molecule is CC(C)c1ccccc1C=C(CC(=O)N1C[C@H]2CCCC[C@H]2C1)C(=O)O. The number of carboxylic acids is 1. The Bertz CT molecular complexity index is 693. The summed E-state index contributed by atoms with van der Waals surface area (Å²) in [7, 11) is 0. The van der Waals surface area contributed by atoms with E-state index in [0.717, 1.165) is 24.2 Å². The molecule has 0 bridgehead atoms. The predicted molar refractivity (Wildman–Crippen MR) is 103 cm³/mol. The maximum atomic E-state index is 12.7. The third-order valence-corrected chi connectivity index (χ3v) is 5.89. The van der Waals surface area contributed by atoms with Crippen molar-refractivity contribution in [2.45, 2.75) is 51.9 Å². The fraction of sp³-hybridized carbons (Fsp3) is 0.545. The van der Waals surface area contributed by atoms with Gasteiger partial charge < -0.3 is 10.0 Å². The van der Waals surface area contributed by atoms with Crippen molar-refractivity contribution in [2.75, 3.05) is 13.1 Å². The molecule has 2 atom stereocenters. The molecule has 1 amide bonds. The minimum absolute atomic E-state index is 0.0266. The Labute approximate surface area is 155 Å². The van der Waals surface area contributed by atoms with E-state index < -0.39 is 5.97 Å². The zero-order valence-corrected chi connectivity index (χ0v) is 15.8. The molecule has 0 spiro atoms. The third-order valence-electron chi connectivity index (χ3n) is 5.89. The molecule has 2 fully saturated rings. The van der Waals surface area contributed by atoms with E-state index in [2.05, 4.69) is 13.8 Å². The largest absolute Gasteiger partial charge is 0.478 e. The summed E-state index contributed by atoms with van der Waals surface area (Å²) in [6.45, 7) is 5.78. The number of nitrogens with zero attached hydrogens (tertiary/aromatic N) is 1. The number of aliphatic carboxylic acids is 1. The summed E-state index contributed by atoms with van der Waals surface area (Å²) in [5.74, 6) is 0.483. The van der Waals surface area contributed by atoms with Gasteiger partial charge in [0.2, 0.25) is 5.91 Å². The smallest absolute Gasteiger partial charge is 0.332 e. The lowest BCUT2D eigenvalue weighted by Crippen LogP contribution is -2.29. The van der Waals surface area contributed by atoms with Crippen molar-refractivity contribution in [3.8, 4) is 0 Å². The Morgan fingerprint density at radius 3 is 2.35 bits per heavy atom. The summed E-state index contributed by atoms with van der Waals surface area (Å²) < 4.78 is 0. The number of fused-ring (bicyclic) bond motifs is 1. The number of carboxylic acid groups (broad SMARTS) is 1. The topological polar surface area (TPSA) is 57.6 Å². The quantitative estimate of drug-likeness (QED) is 0.801. The van der Waals surface area contributed by atoms with Gasteiger partial charge in [-0.15, -0.1) is 0 Å². The molecule has 1 N–H and O–H groups in total. The van der Waals surface area contributed by atoms with Gasteiger partial charge in [-0.3, -0.25) is 4.79 Å². The normalized spacial score (nSPS) is 23.2. The van der Waals surface area contributed by atoms with E-state index in [4.69, 9.17) is 0 Å². The number of hydrogen-bond acceptors (Lipinski definition) is 2. The van der Waals surface area contributed by atoms with Crippen molar-refractivity contribution in [2.24, 2.45) is 11.8 Å². The maximum Gasteiger partial charge on any atom is 0.332 e. The molecule has 26 heavy (non-hydrogen) atoms. The Kier molecular flexibility index (Phi) is 5.80. The van der Waals surface area contributed by atoms with Crippen molar-refractivity contribution in [3.63, 3.8) is 0 Å². The second kappa shape index (κ2) is 8.07. The first kappa shape index (κ1) is 18.7. The van der Waals surface area contributed by atoms with Crippen LogP contribution in [0.2, 0.25) is 0 Å². The molecule has 1 aromatic carbocycles. The summed E-state index contributed by atoms with van der Waals surface area (Å²) in [6.07, 6.45) is 6.58. The molecule has 1 saturated heterocycles. The molecule has 2 aliphatic rings. The van der Waals surface area contributed by atoms with Crippen LogP contribution in [0.3, 0.4) is 0 Å². The lowest BCUT2D eigenvalue weighted by atomic mass is 9.82. The summed E-state index contributed by atoms with van der Waals surface area (Å²) in [5.41, 5.74) is 2.17. The van der Waals surface area contributed by atoms with Crippen LogP contribution in [-0.2, 0) is 9.59 Å². The number of rotatable bonds is 5. The Balaban J connectivity index is 1.75. The molecule has 1 heterocycles. The van der Waals surface area contributed by atoms with Crippen LogP contribution < -0.4 is 0 Å². The van der Waals surface area contributed by atoms with E-state index in [0.29, 0.717) is 17.8 Å². The first-order valence-electron chi connectivity index (χ1n) is 9.76. The van der Waals surface area contributed by atoms with Crippen LogP contribution in [0.25, 0.3) is 6.08 Å². The van der Waals surface area contributed by atoms with E-state index in [-0.39, 0.29) is 17.9 Å². The average molecular weight is 355 g/mol. The molecule has 0 radical (unpaired) electrons. The number of hydrogen-bond donors (Lipinski definition) is 1. The van der Waals surface area contributed by atoms with E-state index in [1.54, 1.807) is 6.08 Å². The van der Waals surface area contributed by atoms with Gasteiger partial charge in [0, 0.05) is 18.7 Å². The molecule has 4 heteroatoms. The van der Waals surface area contributed by atoms with E-state index in [9.17, 15) is 14.7 Å². The van der Waals surface area contributed by atoms with Crippen LogP contribution in [0.1, 0.15) is 63.0 Å². The molecule has 0 unspecified atom stereocenters. The van der Waals surface area contributed by atoms with Gasteiger partial charge >= 0.3 is 5.97 Å². The van der Waals surface area contributed by atoms with Crippen LogP contribution in [0.4, 0.5) is 0 Å². The number of benzene rings is 1. The molecule has 1 saturated carbocycles. The van der Waals surface area contributed by atoms with Crippen molar-refractivity contribution in [1.29, 1.82) is 0 Å². The molecule has 4 nitrogen and oxygen atoms in total. The van der Waals surface area contributed by atoms with Gasteiger partial charge in [0.1, 0.15) is 0 Å². The van der Waals surface area contributed by atoms with Crippen LogP contribution in [0.15, 0.2) is 29.8 Å². The molecule has 140 valence electrons. The van der Waals surface area contributed by atoms with Crippen molar-refractivity contribution < 1.29 is 14.7 Å². The van der Waals surface area contributed by atoms with Gasteiger partial charge in [-0.2, -0.15) is 0 Å². The van der Waals surface area contributed by atoms with E-state index in [1.807, 2.05) is 29.2 Å².